The van der Waals surface area contributed by atoms with Gasteiger partial charge in [-0.1, -0.05) is 19.1 Å². The van der Waals surface area contributed by atoms with Gasteiger partial charge in [-0.2, -0.15) is 0 Å². The van der Waals surface area contributed by atoms with Crippen molar-refractivity contribution in [2.45, 2.75) is 39.8 Å². The van der Waals surface area contributed by atoms with Crippen molar-refractivity contribution in [3.05, 3.63) is 70.7 Å². The van der Waals surface area contributed by atoms with Crippen LogP contribution in [0.1, 0.15) is 40.9 Å². The molecule has 7 nitrogen and oxygen atoms in total. The molecule has 178 valence electrons. The number of hydrogen-bond donors (Lipinski definition) is 4. The number of likely N-dealkylation sites (N-methyl/N-ethyl adjacent to an activating group) is 1. The van der Waals surface area contributed by atoms with E-state index in [0.29, 0.717) is 35.7 Å². The molecule has 4 rings (SSSR count). The molecule has 1 unspecified atom stereocenters. The number of hydrogen-bond acceptors (Lipinski definition) is 7. The Hall–Kier alpha value is -3.49. The van der Waals surface area contributed by atoms with Crippen molar-refractivity contribution in [1.82, 2.24) is 9.88 Å². The highest BCUT2D eigenvalue weighted by Gasteiger charge is 2.25. The number of aliphatic hydroxyl groups excluding tert-OH is 1. The number of nitrogens with one attached hydrogen (secondary N) is 2. The smallest absolute Gasteiger partial charge is 0.173 e. The molecule has 1 aromatic heterocycles. The zero-order valence-corrected chi connectivity index (χ0v) is 19.5. The third-order valence-corrected chi connectivity index (χ3v) is 5.93. The zero-order valence-electron chi connectivity index (χ0n) is 19.5. The molecule has 0 fully saturated rings. The van der Waals surface area contributed by atoms with Crippen LogP contribution in [0, 0.1) is 12.7 Å². The van der Waals surface area contributed by atoms with Crippen LogP contribution in [0.25, 0.3) is 0 Å². The number of aromatic hydroxyl groups is 1. The van der Waals surface area contributed by atoms with Gasteiger partial charge in [0.05, 0.1) is 23.0 Å². The summed E-state index contributed by atoms with van der Waals surface area (Å²) < 4.78 is 14.5. The number of aryl methyl sites for hydroxylation is 1. The molecule has 0 saturated carbocycles. The number of phenols is 1. The topological polar surface area (TPSA) is 97.7 Å². The number of nitrogens with zero attached hydrogens (tertiary/aromatic N) is 2. The quantitative estimate of drug-likeness (QED) is 0.404. The van der Waals surface area contributed by atoms with Gasteiger partial charge in [0.1, 0.15) is 17.4 Å². The van der Waals surface area contributed by atoms with E-state index in [1.54, 1.807) is 26.1 Å². The molecule has 0 bridgehead atoms. The van der Waals surface area contributed by atoms with Gasteiger partial charge in [0.15, 0.2) is 5.78 Å². The molecule has 0 aliphatic carbocycles. The lowest BCUT2D eigenvalue weighted by molar-refractivity contribution is 0.0995. The van der Waals surface area contributed by atoms with Crippen LogP contribution in [0.4, 0.5) is 27.3 Å². The van der Waals surface area contributed by atoms with Gasteiger partial charge in [0.2, 0.25) is 0 Å². The predicted molar refractivity (Wildman–Crippen MR) is 131 cm³/mol. The van der Waals surface area contributed by atoms with Crippen LogP contribution in [-0.2, 0) is 13.0 Å². The number of pyridine rings is 1. The highest BCUT2D eigenvalue weighted by Crippen LogP contribution is 2.35. The van der Waals surface area contributed by atoms with Gasteiger partial charge >= 0.3 is 0 Å². The molecule has 0 spiro atoms. The van der Waals surface area contributed by atoms with E-state index in [-0.39, 0.29) is 23.6 Å². The Balaban J connectivity index is 1.63. The third kappa shape index (κ3) is 5.03. The number of fused-ring (bicyclic) bond motifs is 2. The maximum absolute atomic E-state index is 14.5. The molecular weight excluding hydrogens is 435 g/mol. The lowest BCUT2D eigenvalue weighted by atomic mass is 10.0. The van der Waals surface area contributed by atoms with Gasteiger partial charge < -0.3 is 20.8 Å². The lowest BCUT2D eigenvalue weighted by Gasteiger charge is -2.22. The van der Waals surface area contributed by atoms with Crippen molar-refractivity contribution in [1.29, 1.82) is 0 Å². The van der Waals surface area contributed by atoms with E-state index in [1.165, 1.54) is 12.1 Å². The highest BCUT2D eigenvalue weighted by molar-refractivity contribution is 6.09. The van der Waals surface area contributed by atoms with Crippen molar-refractivity contribution in [3.63, 3.8) is 0 Å². The summed E-state index contributed by atoms with van der Waals surface area (Å²) in [7, 11) is 0. The van der Waals surface area contributed by atoms with E-state index in [2.05, 4.69) is 20.5 Å². The van der Waals surface area contributed by atoms with Crippen LogP contribution in [0.5, 0.6) is 5.75 Å². The average molecular weight is 465 g/mol. The SMILES string of the molecule is CCN(Cc1ccc2c(c1)CC(=O)c1c(Nc3cc(O)c(C)cc3F)ccnc1N2)CC(C)O. The number of Topliss-reactive ketones (excluding diaryl/α,β-unsaturated/α-hetero) is 1. The van der Waals surface area contributed by atoms with Gasteiger partial charge in [0.25, 0.3) is 0 Å². The zero-order chi connectivity index (χ0) is 24.4. The van der Waals surface area contributed by atoms with Crippen LogP contribution >= 0.6 is 0 Å². The van der Waals surface area contributed by atoms with Crippen LogP contribution in [-0.4, -0.2) is 45.1 Å². The van der Waals surface area contributed by atoms with E-state index in [9.17, 15) is 19.4 Å². The number of carbonyl (C=O) groups excluding carboxylic acids is 1. The van der Waals surface area contributed by atoms with Gasteiger partial charge in [-0.05, 0) is 55.3 Å². The molecule has 0 radical (unpaired) electrons. The van der Waals surface area contributed by atoms with Gasteiger partial charge in [-0.15, -0.1) is 0 Å². The number of aromatic nitrogens is 1. The molecular formula is C26H29FN4O3. The van der Waals surface area contributed by atoms with Crippen molar-refractivity contribution in [2.24, 2.45) is 0 Å². The molecule has 1 aliphatic heterocycles. The molecule has 1 aliphatic rings. The fraction of sp³-hybridized carbons (Fsp3) is 0.308. The van der Waals surface area contributed by atoms with Gasteiger partial charge in [-0.3, -0.25) is 9.69 Å². The summed E-state index contributed by atoms with van der Waals surface area (Å²) in [4.78, 5) is 19.8. The number of rotatable bonds is 7. The summed E-state index contributed by atoms with van der Waals surface area (Å²) in [5, 5.41) is 25.9. The number of ketones is 1. The number of phenolic OH excluding ortho intramolecular Hbond substituents is 1. The Labute approximate surface area is 198 Å². The molecule has 3 aromatic rings. The summed E-state index contributed by atoms with van der Waals surface area (Å²) in [5.41, 5.74) is 3.93. The lowest BCUT2D eigenvalue weighted by Crippen LogP contribution is -2.30. The highest BCUT2D eigenvalue weighted by atomic mass is 19.1. The maximum atomic E-state index is 14.5. The van der Waals surface area contributed by atoms with E-state index >= 15 is 0 Å². The van der Waals surface area contributed by atoms with Crippen LogP contribution in [0.2, 0.25) is 0 Å². The number of benzene rings is 2. The second-order valence-electron chi connectivity index (χ2n) is 8.72. The largest absolute Gasteiger partial charge is 0.508 e. The van der Waals surface area contributed by atoms with Crippen molar-refractivity contribution in [2.75, 3.05) is 23.7 Å². The number of carbonyl (C=O) groups is 1. The minimum Gasteiger partial charge on any atom is -0.508 e. The summed E-state index contributed by atoms with van der Waals surface area (Å²) >= 11 is 0. The summed E-state index contributed by atoms with van der Waals surface area (Å²) in [5.74, 6) is -0.324. The molecule has 0 saturated heterocycles. The molecule has 1 atom stereocenters. The van der Waals surface area contributed by atoms with E-state index < -0.39 is 11.9 Å². The third-order valence-electron chi connectivity index (χ3n) is 5.93. The summed E-state index contributed by atoms with van der Waals surface area (Å²) in [6.07, 6.45) is 1.28. The number of aliphatic hydroxyl groups is 1. The Bertz CT molecular complexity index is 1230. The standard InChI is InChI=1S/C26H29FN4O3/c1-4-31(13-16(3)32)14-17-5-6-20-18(10-17)11-24(34)25-21(7-8-28-26(25)30-20)29-22-12-23(33)15(2)9-19(22)27/h5-10,12,16,32-33H,4,11,13-14H2,1-3H3,(H2,28,29,30). The van der Waals surface area contributed by atoms with Crippen molar-refractivity contribution >= 4 is 28.7 Å². The first kappa shape index (κ1) is 23.7. The first-order chi connectivity index (χ1) is 16.2. The average Bonchev–Trinajstić information content (AvgIpc) is 2.92. The minimum absolute atomic E-state index is 0.0369. The van der Waals surface area contributed by atoms with Crippen molar-refractivity contribution < 1.29 is 19.4 Å². The Morgan fingerprint density at radius 2 is 2.03 bits per heavy atom. The molecule has 4 N–H and O–H groups in total. The molecule has 34 heavy (non-hydrogen) atoms. The van der Waals surface area contributed by atoms with E-state index in [0.717, 1.165) is 23.4 Å². The fourth-order valence-corrected chi connectivity index (χ4v) is 4.18. The number of anilines is 4. The second kappa shape index (κ2) is 9.79. The van der Waals surface area contributed by atoms with Crippen LogP contribution in [0.15, 0.2) is 42.6 Å². The normalized spacial score (nSPS) is 13.6. The van der Waals surface area contributed by atoms with Gasteiger partial charge in [0, 0.05) is 37.5 Å². The maximum Gasteiger partial charge on any atom is 0.173 e. The van der Waals surface area contributed by atoms with Gasteiger partial charge in [-0.25, -0.2) is 9.37 Å². The Morgan fingerprint density at radius 3 is 2.76 bits per heavy atom. The first-order valence-corrected chi connectivity index (χ1v) is 11.3. The first-order valence-electron chi connectivity index (χ1n) is 11.3. The Morgan fingerprint density at radius 1 is 1.24 bits per heavy atom. The van der Waals surface area contributed by atoms with Crippen LogP contribution in [0.3, 0.4) is 0 Å². The molecule has 2 heterocycles. The molecule has 0 amide bonds. The number of halogens is 1. The monoisotopic (exact) mass is 464 g/mol. The Kier molecular flexibility index (Phi) is 6.81. The summed E-state index contributed by atoms with van der Waals surface area (Å²) in [6, 6.07) is 10.1. The molecule has 2 aromatic carbocycles. The fourth-order valence-electron chi connectivity index (χ4n) is 4.18. The van der Waals surface area contributed by atoms with Crippen LogP contribution < -0.4 is 10.6 Å². The minimum atomic E-state index is -0.527. The van der Waals surface area contributed by atoms with E-state index in [1.807, 2.05) is 25.1 Å². The molecule has 8 heteroatoms. The summed E-state index contributed by atoms with van der Waals surface area (Å²) in [6.45, 7) is 7.46. The second-order valence-corrected chi connectivity index (χ2v) is 8.72. The van der Waals surface area contributed by atoms with E-state index in [4.69, 9.17) is 0 Å². The predicted octanol–water partition coefficient (Wildman–Crippen LogP) is 4.66. The van der Waals surface area contributed by atoms with Crippen molar-refractivity contribution in [3.8, 4) is 5.75 Å².